The third-order valence-electron chi connectivity index (χ3n) is 4.98. The first kappa shape index (κ1) is 20.5. The van der Waals surface area contributed by atoms with Gasteiger partial charge in [-0.25, -0.2) is 4.98 Å². The van der Waals surface area contributed by atoms with Crippen molar-refractivity contribution < 1.29 is 14.3 Å². The SMILES string of the molecule is COc1cc(CNC(=O)CCc2nc3ccccc3[nH]2)ccc1OCc1ccccc1. The molecule has 0 aliphatic rings. The lowest BCUT2D eigenvalue weighted by Gasteiger charge is -2.13. The Kier molecular flexibility index (Phi) is 6.47. The summed E-state index contributed by atoms with van der Waals surface area (Å²) in [5.41, 5.74) is 3.94. The van der Waals surface area contributed by atoms with Gasteiger partial charge in [0.2, 0.25) is 5.91 Å². The Morgan fingerprint density at radius 3 is 2.58 bits per heavy atom. The number of benzene rings is 3. The summed E-state index contributed by atoms with van der Waals surface area (Å²) in [4.78, 5) is 20.0. The molecule has 158 valence electrons. The molecule has 0 radical (unpaired) electrons. The van der Waals surface area contributed by atoms with Gasteiger partial charge in [0.05, 0.1) is 18.1 Å². The molecule has 2 N–H and O–H groups in total. The van der Waals surface area contributed by atoms with Crippen LogP contribution in [0.25, 0.3) is 11.0 Å². The Bertz CT molecular complexity index is 1120. The highest BCUT2D eigenvalue weighted by atomic mass is 16.5. The van der Waals surface area contributed by atoms with Crippen molar-refractivity contribution in [1.82, 2.24) is 15.3 Å². The third-order valence-corrected chi connectivity index (χ3v) is 4.98. The summed E-state index contributed by atoms with van der Waals surface area (Å²) in [7, 11) is 1.61. The van der Waals surface area contributed by atoms with Crippen LogP contribution in [0, 0.1) is 0 Å². The number of imidazole rings is 1. The van der Waals surface area contributed by atoms with E-state index in [1.165, 1.54) is 0 Å². The van der Waals surface area contributed by atoms with Gasteiger partial charge in [-0.2, -0.15) is 0 Å². The van der Waals surface area contributed by atoms with E-state index in [2.05, 4.69) is 15.3 Å². The number of ether oxygens (including phenoxy) is 2. The van der Waals surface area contributed by atoms with Gasteiger partial charge in [0.25, 0.3) is 0 Å². The van der Waals surface area contributed by atoms with Crippen molar-refractivity contribution in [2.24, 2.45) is 0 Å². The predicted octanol–water partition coefficient (Wildman–Crippen LogP) is 4.40. The second-order valence-electron chi connectivity index (χ2n) is 7.24. The Balaban J connectivity index is 1.28. The molecule has 6 nitrogen and oxygen atoms in total. The van der Waals surface area contributed by atoms with Gasteiger partial charge >= 0.3 is 0 Å². The highest BCUT2D eigenvalue weighted by molar-refractivity contribution is 5.77. The summed E-state index contributed by atoms with van der Waals surface area (Å²) in [5.74, 6) is 2.11. The number of amides is 1. The summed E-state index contributed by atoms with van der Waals surface area (Å²) >= 11 is 0. The molecule has 1 amide bonds. The maximum Gasteiger partial charge on any atom is 0.220 e. The lowest BCUT2D eigenvalue weighted by molar-refractivity contribution is -0.121. The van der Waals surface area contributed by atoms with Crippen LogP contribution in [0.1, 0.15) is 23.4 Å². The van der Waals surface area contributed by atoms with Crippen LogP contribution in [0.5, 0.6) is 11.5 Å². The monoisotopic (exact) mass is 415 g/mol. The van der Waals surface area contributed by atoms with Crippen LogP contribution in [-0.2, 0) is 24.4 Å². The van der Waals surface area contributed by atoms with E-state index in [9.17, 15) is 4.79 Å². The number of nitrogens with zero attached hydrogens (tertiary/aromatic N) is 1. The zero-order valence-corrected chi connectivity index (χ0v) is 17.4. The minimum atomic E-state index is -0.0242. The molecule has 0 atom stereocenters. The largest absolute Gasteiger partial charge is 0.493 e. The minimum absolute atomic E-state index is 0.0242. The number of carbonyl (C=O) groups is 1. The first-order valence-electron chi connectivity index (χ1n) is 10.3. The molecule has 0 unspecified atom stereocenters. The lowest BCUT2D eigenvalue weighted by atomic mass is 10.2. The van der Waals surface area contributed by atoms with Gasteiger partial charge in [-0.3, -0.25) is 4.79 Å². The zero-order valence-electron chi connectivity index (χ0n) is 17.4. The molecule has 1 heterocycles. The Morgan fingerprint density at radius 1 is 0.968 bits per heavy atom. The second-order valence-corrected chi connectivity index (χ2v) is 7.24. The number of hydrogen-bond donors (Lipinski definition) is 2. The van der Waals surface area contributed by atoms with E-state index in [0.29, 0.717) is 37.5 Å². The Morgan fingerprint density at radius 2 is 1.77 bits per heavy atom. The van der Waals surface area contributed by atoms with Crippen molar-refractivity contribution in [2.75, 3.05) is 7.11 Å². The fraction of sp³-hybridized carbons (Fsp3) is 0.200. The van der Waals surface area contributed by atoms with Crippen molar-refractivity contribution in [1.29, 1.82) is 0 Å². The number of fused-ring (bicyclic) bond motifs is 1. The number of aromatic amines is 1. The summed E-state index contributed by atoms with van der Waals surface area (Å²) in [6.45, 7) is 0.892. The molecule has 0 aliphatic carbocycles. The molecular formula is C25H25N3O3. The van der Waals surface area contributed by atoms with Gasteiger partial charge < -0.3 is 19.8 Å². The third kappa shape index (κ3) is 5.42. The van der Waals surface area contributed by atoms with Crippen molar-refractivity contribution in [3.63, 3.8) is 0 Å². The molecule has 0 saturated heterocycles. The molecule has 3 aromatic carbocycles. The molecule has 0 saturated carbocycles. The maximum atomic E-state index is 12.3. The van der Waals surface area contributed by atoms with Crippen molar-refractivity contribution in [3.8, 4) is 11.5 Å². The smallest absolute Gasteiger partial charge is 0.220 e. The van der Waals surface area contributed by atoms with Gasteiger partial charge in [-0.1, -0.05) is 48.5 Å². The predicted molar refractivity (Wildman–Crippen MR) is 120 cm³/mol. The molecule has 4 aromatic rings. The van der Waals surface area contributed by atoms with Crippen molar-refractivity contribution >= 4 is 16.9 Å². The summed E-state index contributed by atoms with van der Waals surface area (Å²) in [6.07, 6.45) is 0.936. The number of H-pyrrole nitrogens is 1. The number of methoxy groups -OCH3 is 1. The fourth-order valence-corrected chi connectivity index (χ4v) is 3.32. The van der Waals surface area contributed by atoms with Crippen LogP contribution in [0.4, 0.5) is 0 Å². The van der Waals surface area contributed by atoms with Gasteiger partial charge in [-0.05, 0) is 35.4 Å². The van der Waals surface area contributed by atoms with Crippen LogP contribution in [-0.4, -0.2) is 23.0 Å². The number of rotatable bonds is 9. The van der Waals surface area contributed by atoms with Crippen LogP contribution < -0.4 is 14.8 Å². The van der Waals surface area contributed by atoms with E-state index < -0.39 is 0 Å². The van der Waals surface area contributed by atoms with E-state index in [-0.39, 0.29) is 5.91 Å². The number of para-hydroxylation sites is 2. The van der Waals surface area contributed by atoms with Gasteiger partial charge in [-0.15, -0.1) is 0 Å². The van der Waals surface area contributed by atoms with Gasteiger partial charge in [0.1, 0.15) is 12.4 Å². The molecule has 4 rings (SSSR count). The molecular weight excluding hydrogens is 390 g/mol. The van der Waals surface area contributed by atoms with E-state index >= 15 is 0 Å². The number of aryl methyl sites for hydroxylation is 1. The first-order chi connectivity index (χ1) is 15.2. The van der Waals surface area contributed by atoms with E-state index in [0.717, 1.165) is 28.0 Å². The Hall–Kier alpha value is -3.80. The number of nitrogens with one attached hydrogen (secondary N) is 2. The number of aromatic nitrogens is 2. The van der Waals surface area contributed by atoms with Crippen molar-refractivity contribution in [3.05, 3.63) is 89.7 Å². The van der Waals surface area contributed by atoms with Crippen LogP contribution >= 0.6 is 0 Å². The molecule has 6 heteroatoms. The highest BCUT2D eigenvalue weighted by Gasteiger charge is 2.09. The molecule has 0 fully saturated rings. The zero-order chi connectivity index (χ0) is 21.5. The van der Waals surface area contributed by atoms with Gasteiger partial charge in [0.15, 0.2) is 11.5 Å². The number of hydrogen-bond acceptors (Lipinski definition) is 4. The molecule has 1 aromatic heterocycles. The average Bonchev–Trinajstić information content (AvgIpc) is 3.24. The second kappa shape index (κ2) is 9.80. The topological polar surface area (TPSA) is 76.2 Å². The normalized spacial score (nSPS) is 10.7. The van der Waals surface area contributed by atoms with Crippen LogP contribution in [0.3, 0.4) is 0 Å². The maximum absolute atomic E-state index is 12.3. The molecule has 0 spiro atoms. The number of carbonyl (C=O) groups excluding carboxylic acids is 1. The quantitative estimate of drug-likeness (QED) is 0.425. The highest BCUT2D eigenvalue weighted by Crippen LogP contribution is 2.28. The summed E-state index contributed by atoms with van der Waals surface area (Å²) in [6, 6.07) is 23.5. The standard InChI is InChI=1S/C25H25N3O3/c1-30-23-15-19(11-12-22(23)31-17-18-7-3-2-4-8-18)16-26-25(29)14-13-24-27-20-9-5-6-10-21(20)28-24/h2-12,15H,13-14,16-17H2,1H3,(H,26,29)(H,27,28). The minimum Gasteiger partial charge on any atom is -0.493 e. The van der Waals surface area contributed by atoms with Gasteiger partial charge in [0, 0.05) is 19.4 Å². The van der Waals surface area contributed by atoms with E-state index in [1.54, 1.807) is 7.11 Å². The first-order valence-corrected chi connectivity index (χ1v) is 10.3. The Labute approximate surface area is 181 Å². The summed E-state index contributed by atoms with van der Waals surface area (Å²) in [5, 5.41) is 2.95. The molecule has 0 aliphatic heterocycles. The lowest BCUT2D eigenvalue weighted by Crippen LogP contribution is -2.23. The van der Waals surface area contributed by atoms with Crippen LogP contribution in [0.15, 0.2) is 72.8 Å². The summed E-state index contributed by atoms with van der Waals surface area (Å²) < 4.78 is 11.3. The van der Waals surface area contributed by atoms with E-state index in [1.807, 2.05) is 72.8 Å². The van der Waals surface area contributed by atoms with Crippen LogP contribution in [0.2, 0.25) is 0 Å². The van der Waals surface area contributed by atoms with Crippen molar-refractivity contribution in [2.45, 2.75) is 26.0 Å². The average molecular weight is 415 g/mol. The molecule has 31 heavy (non-hydrogen) atoms. The van der Waals surface area contributed by atoms with E-state index in [4.69, 9.17) is 9.47 Å². The fourth-order valence-electron chi connectivity index (χ4n) is 3.32. The molecule has 0 bridgehead atoms.